The summed E-state index contributed by atoms with van der Waals surface area (Å²) in [7, 11) is 3.79. The smallest absolute Gasteiger partial charge is 0.230 e. The minimum atomic E-state index is -0.118. The molecule has 0 saturated carbocycles. The first-order chi connectivity index (χ1) is 12.6. The first-order valence-electron chi connectivity index (χ1n) is 8.22. The van der Waals surface area contributed by atoms with Crippen LogP contribution < -0.4 is 5.32 Å². The molecule has 0 spiro atoms. The van der Waals surface area contributed by atoms with Crippen LogP contribution >= 0.6 is 0 Å². The third-order valence-electron chi connectivity index (χ3n) is 4.22. The molecule has 0 saturated heterocycles. The highest BCUT2D eigenvalue weighted by Gasteiger charge is 2.08. The van der Waals surface area contributed by atoms with E-state index in [0.29, 0.717) is 5.82 Å². The standard InChI is InChI=1S/C19H18N6O/c1-24-12-20-10-17(24)14-3-4-15-9-21-18(7-16(15)6-14)23-19(26)5-13-8-22-25(2)11-13/h3-4,6-12H,5H2,1-2H3,(H,21,23,26). The monoisotopic (exact) mass is 346 g/mol. The minimum Gasteiger partial charge on any atom is -0.334 e. The quantitative estimate of drug-likeness (QED) is 0.616. The lowest BCUT2D eigenvalue weighted by molar-refractivity contribution is -0.115. The van der Waals surface area contributed by atoms with Crippen LogP contribution in [0.15, 0.2) is 55.4 Å². The molecule has 1 aromatic carbocycles. The van der Waals surface area contributed by atoms with E-state index in [-0.39, 0.29) is 12.3 Å². The van der Waals surface area contributed by atoms with Crippen LogP contribution in [0, 0.1) is 0 Å². The third kappa shape index (κ3) is 3.19. The van der Waals surface area contributed by atoms with Crippen molar-refractivity contribution in [2.75, 3.05) is 5.32 Å². The highest BCUT2D eigenvalue weighted by atomic mass is 16.1. The summed E-state index contributed by atoms with van der Waals surface area (Å²) in [6.45, 7) is 0. The van der Waals surface area contributed by atoms with Gasteiger partial charge in [-0.15, -0.1) is 0 Å². The molecule has 0 aliphatic heterocycles. The molecule has 0 aliphatic carbocycles. The van der Waals surface area contributed by atoms with Crippen molar-refractivity contribution in [1.82, 2.24) is 24.3 Å². The second kappa shape index (κ2) is 6.44. The molecule has 7 nitrogen and oxygen atoms in total. The van der Waals surface area contributed by atoms with Gasteiger partial charge in [-0.05, 0) is 23.1 Å². The number of rotatable bonds is 4. The fraction of sp³-hybridized carbons (Fsp3) is 0.158. The van der Waals surface area contributed by atoms with Crippen LogP contribution in [-0.2, 0) is 25.3 Å². The molecule has 1 N–H and O–H groups in total. The van der Waals surface area contributed by atoms with Gasteiger partial charge >= 0.3 is 0 Å². The van der Waals surface area contributed by atoms with Gasteiger partial charge in [0.2, 0.25) is 5.91 Å². The van der Waals surface area contributed by atoms with Gasteiger partial charge in [0.05, 0.1) is 30.8 Å². The summed E-state index contributed by atoms with van der Waals surface area (Å²) in [4.78, 5) is 20.7. The first-order valence-corrected chi connectivity index (χ1v) is 8.22. The zero-order valence-corrected chi connectivity index (χ0v) is 14.5. The maximum atomic E-state index is 12.2. The van der Waals surface area contributed by atoms with Crippen LogP contribution in [0.25, 0.3) is 22.0 Å². The summed E-state index contributed by atoms with van der Waals surface area (Å²) in [5.41, 5.74) is 2.96. The van der Waals surface area contributed by atoms with Gasteiger partial charge in [0.15, 0.2) is 0 Å². The Morgan fingerprint density at radius 2 is 2.00 bits per heavy atom. The third-order valence-corrected chi connectivity index (χ3v) is 4.22. The second-order valence-electron chi connectivity index (χ2n) is 6.27. The van der Waals surface area contributed by atoms with Crippen LogP contribution in [-0.4, -0.2) is 30.2 Å². The number of anilines is 1. The Bertz CT molecular complexity index is 1090. The van der Waals surface area contributed by atoms with E-state index in [2.05, 4.69) is 26.4 Å². The molecular weight excluding hydrogens is 328 g/mol. The molecule has 1 amide bonds. The number of carbonyl (C=O) groups is 1. The number of fused-ring (bicyclic) bond motifs is 1. The molecule has 4 rings (SSSR count). The highest BCUT2D eigenvalue weighted by Crippen LogP contribution is 2.25. The summed E-state index contributed by atoms with van der Waals surface area (Å²) >= 11 is 0. The Labute approximate surface area is 150 Å². The van der Waals surface area contributed by atoms with Crippen LogP contribution in [0.1, 0.15) is 5.56 Å². The predicted octanol–water partition coefficient (Wildman–Crippen LogP) is 2.55. The Morgan fingerprint density at radius 1 is 1.12 bits per heavy atom. The molecule has 0 fully saturated rings. The minimum absolute atomic E-state index is 0.118. The number of pyridine rings is 1. The fourth-order valence-corrected chi connectivity index (χ4v) is 2.94. The zero-order chi connectivity index (χ0) is 18.1. The zero-order valence-electron chi connectivity index (χ0n) is 14.5. The Kier molecular flexibility index (Phi) is 3.96. The maximum Gasteiger partial charge on any atom is 0.230 e. The van der Waals surface area contributed by atoms with Gasteiger partial charge in [0.25, 0.3) is 0 Å². The van der Waals surface area contributed by atoms with Gasteiger partial charge in [-0.3, -0.25) is 9.48 Å². The van der Waals surface area contributed by atoms with E-state index in [4.69, 9.17) is 0 Å². The lowest BCUT2D eigenvalue weighted by Gasteiger charge is -2.07. The first kappa shape index (κ1) is 16.0. The van der Waals surface area contributed by atoms with Crippen LogP contribution in [0.5, 0.6) is 0 Å². The molecule has 4 aromatic rings. The van der Waals surface area contributed by atoms with Crippen LogP contribution in [0.2, 0.25) is 0 Å². The summed E-state index contributed by atoms with van der Waals surface area (Å²) in [6.07, 6.45) is 9.15. The summed E-state index contributed by atoms with van der Waals surface area (Å²) in [6, 6.07) is 8.02. The van der Waals surface area contributed by atoms with Gasteiger partial charge in [-0.1, -0.05) is 12.1 Å². The van der Waals surface area contributed by atoms with Crippen molar-refractivity contribution in [3.05, 3.63) is 60.9 Å². The van der Waals surface area contributed by atoms with Gasteiger partial charge in [0, 0.05) is 37.4 Å². The largest absolute Gasteiger partial charge is 0.334 e. The lowest BCUT2D eigenvalue weighted by atomic mass is 10.1. The normalized spacial score (nSPS) is 11.0. The Morgan fingerprint density at radius 3 is 2.73 bits per heavy atom. The molecular formula is C19H18N6O. The molecule has 0 radical (unpaired) electrons. The number of amides is 1. The van der Waals surface area contributed by atoms with Crippen LogP contribution in [0.4, 0.5) is 5.82 Å². The fourth-order valence-electron chi connectivity index (χ4n) is 2.94. The lowest BCUT2D eigenvalue weighted by Crippen LogP contribution is -2.14. The topological polar surface area (TPSA) is 77.6 Å². The second-order valence-corrected chi connectivity index (χ2v) is 6.27. The Balaban J connectivity index is 1.58. The van der Waals surface area contributed by atoms with Crippen molar-refractivity contribution < 1.29 is 4.79 Å². The molecule has 130 valence electrons. The number of nitrogens with zero attached hydrogens (tertiary/aromatic N) is 5. The number of hydrogen-bond acceptors (Lipinski definition) is 4. The van der Waals surface area contributed by atoms with E-state index in [1.165, 1.54) is 0 Å². The molecule has 0 atom stereocenters. The number of aryl methyl sites for hydroxylation is 2. The van der Waals surface area contributed by atoms with E-state index in [1.54, 1.807) is 23.4 Å². The van der Waals surface area contributed by atoms with Gasteiger partial charge < -0.3 is 9.88 Å². The van der Waals surface area contributed by atoms with E-state index in [0.717, 1.165) is 27.6 Å². The van der Waals surface area contributed by atoms with Crippen molar-refractivity contribution in [1.29, 1.82) is 0 Å². The molecule has 0 bridgehead atoms. The molecule has 3 aromatic heterocycles. The van der Waals surface area contributed by atoms with Gasteiger partial charge in [-0.2, -0.15) is 5.10 Å². The number of aromatic nitrogens is 5. The predicted molar refractivity (Wildman–Crippen MR) is 99.5 cm³/mol. The molecule has 0 aliphatic rings. The van der Waals surface area contributed by atoms with E-state index in [1.807, 2.05) is 49.3 Å². The number of imidazole rings is 1. The number of nitrogens with one attached hydrogen (secondary N) is 1. The highest BCUT2D eigenvalue weighted by molar-refractivity contribution is 5.94. The number of hydrogen-bond donors (Lipinski definition) is 1. The summed E-state index contributed by atoms with van der Waals surface area (Å²) in [5, 5.41) is 8.95. The van der Waals surface area contributed by atoms with Gasteiger partial charge in [0.1, 0.15) is 5.82 Å². The van der Waals surface area contributed by atoms with E-state index in [9.17, 15) is 4.79 Å². The SMILES string of the molecule is Cn1cc(CC(=O)Nc2cc3cc(-c4cncn4C)ccc3cn2)cn1. The summed E-state index contributed by atoms with van der Waals surface area (Å²) in [5.74, 6) is 0.418. The number of carbonyl (C=O) groups excluding carboxylic acids is 1. The van der Waals surface area contributed by atoms with Crippen molar-refractivity contribution in [3.63, 3.8) is 0 Å². The summed E-state index contributed by atoms with van der Waals surface area (Å²) < 4.78 is 3.65. The molecule has 7 heteroatoms. The van der Waals surface area contributed by atoms with E-state index >= 15 is 0 Å². The van der Waals surface area contributed by atoms with Gasteiger partial charge in [-0.25, -0.2) is 9.97 Å². The van der Waals surface area contributed by atoms with E-state index < -0.39 is 0 Å². The van der Waals surface area contributed by atoms with Crippen molar-refractivity contribution in [2.45, 2.75) is 6.42 Å². The molecule has 0 unspecified atom stereocenters. The average Bonchev–Trinajstić information content (AvgIpc) is 3.22. The maximum absolute atomic E-state index is 12.2. The average molecular weight is 346 g/mol. The molecule has 26 heavy (non-hydrogen) atoms. The van der Waals surface area contributed by atoms with Crippen molar-refractivity contribution in [2.24, 2.45) is 14.1 Å². The molecule has 3 heterocycles. The Hall–Kier alpha value is -3.48. The van der Waals surface area contributed by atoms with Crippen LogP contribution in [0.3, 0.4) is 0 Å². The van der Waals surface area contributed by atoms with Crippen molar-refractivity contribution >= 4 is 22.5 Å². The van der Waals surface area contributed by atoms with Crippen molar-refractivity contribution in [3.8, 4) is 11.3 Å². The number of benzene rings is 1.